The Labute approximate surface area is 382 Å². The molecule has 0 saturated carbocycles. The molecule has 4 nitrogen and oxygen atoms in total. The smallest absolute Gasteiger partial charge is 0.360 e. The number of fused-ring (bicyclic) bond motifs is 16. The van der Waals surface area contributed by atoms with Crippen LogP contribution in [0.4, 0.5) is 45.5 Å². The Hall–Kier alpha value is -6.13. The van der Waals surface area contributed by atoms with Gasteiger partial charge in [-0.15, -0.1) is 0 Å². The van der Waals surface area contributed by atoms with Crippen LogP contribution in [0.25, 0.3) is 22.3 Å². The minimum absolute atomic E-state index is 0.0216. The van der Waals surface area contributed by atoms with E-state index in [-0.39, 0.29) is 35.6 Å². The van der Waals surface area contributed by atoms with Crippen molar-refractivity contribution in [3.8, 4) is 22.3 Å². The van der Waals surface area contributed by atoms with E-state index in [1.54, 1.807) is 0 Å². The van der Waals surface area contributed by atoms with Gasteiger partial charge in [-0.25, -0.2) is 0 Å². The average molecular weight is 835 g/mol. The summed E-state index contributed by atoms with van der Waals surface area (Å²) in [5, 5.41) is 0. The van der Waals surface area contributed by atoms with Crippen LogP contribution in [0, 0.1) is 0 Å². The molecule has 0 spiro atoms. The summed E-state index contributed by atoms with van der Waals surface area (Å²) in [5.41, 5.74) is 23.1. The summed E-state index contributed by atoms with van der Waals surface area (Å²) in [7, 11) is 0. The van der Waals surface area contributed by atoms with E-state index >= 15 is 0 Å². The molecule has 0 saturated heterocycles. The molecule has 4 aliphatic rings. The van der Waals surface area contributed by atoms with Gasteiger partial charge in [0.05, 0.1) is 22.7 Å². The van der Waals surface area contributed by atoms with Crippen molar-refractivity contribution in [1.82, 2.24) is 0 Å². The van der Waals surface area contributed by atoms with Crippen molar-refractivity contribution in [3.63, 3.8) is 0 Å². The Morgan fingerprint density at radius 1 is 0.281 bits per heavy atom. The fraction of sp³-hybridized carbons (Fsp3) is 0.276. The summed E-state index contributed by atoms with van der Waals surface area (Å²) in [6.07, 6.45) is 0. The predicted molar refractivity (Wildman–Crippen MR) is 277 cm³/mol. The lowest BCUT2D eigenvalue weighted by Crippen LogP contribution is -2.59. The quantitative estimate of drug-likeness (QED) is 0.161. The van der Waals surface area contributed by atoms with Crippen molar-refractivity contribution in [2.45, 2.75) is 105 Å². The Kier molecular flexibility index (Phi) is 8.69. The highest BCUT2D eigenvalue weighted by Gasteiger charge is 2.52. The van der Waals surface area contributed by atoms with Crippen LogP contribution < -0.4 is 30.2 Å². The molecule has 0 N–H and O–H groups in total. The third-order valence-electron chi connectivity index (χ3n) is 14.4. The molecule has 0 fully saturated rings. The van der Waals surface area contributed by atoms with E-state index in [1.807, 2.05) is 0 Å². The zero-order valence-corrected chi connectivity index (χ0v) is 39.8. The molecule has 4 aliphatic heterocycles. The van der Waals surface area contributed by atoms with E-state index in [2.05, 4.69) is 248 Å². The molecule has 0 radical (unpaired) electrons. The fourth-order valence-corrected chi connectivity index (χ4v) is 10.8. The highest BCUT2D eigenvalue weighted by atomic mass is 15.3. The molecular weight excluding hydrogens is 774 g/mol. The van der Waals surface area contributed by atoms with Crippen LogP contribution in [0.2, 0.25) is 0 Å². The second-order valence-electron chi connectivity index (χ2n) is 22.8. The van der Waals surface area contributed by atoms with Gasteiger partial charge in [-0.2, -0.15) is 0 Å². The molecule has 0 aliphatic carbocycles. The summed E-state index contributed by atoms with van der Waals surface area (Å²) in [6.45, 7) is 27.6. The first-order valence-corrected chi connectivity index (χ1v) is 23.3. The van der Waals surface area contributed by atoms with Crippen LogP contribution in [0.3, 0.4) is 0 Å². The zero-order chi connectivity index (χ0) is 44.8. The molecular formula is C58H60B2N4. The number of hydrogen-bond acceptors (Lipinski definition) is 4. The Morgan fingerprint density at radius 3 is 0.891 bits per heavy atom. The van der Waals surface area contributed by atoms with Crippen LogP contribution in [-0.2, 0) is 21.7 Å². The molecule has 4 heterocycles. The molecule has 0 unspecified atom stereocenters. The van der Waals surface area contributed by atoms with Gasteiger partial charge >= 0.3 is 14.0 Å². The van der Waals surface area contributed by atoms with E-state index in [0.29, 0.717) is 0 Å². The second kappa shape index (κ2) is 13.7. The lowest BCUT2D eigenvalue weighted by Gasteiger charge is -2.41. The highest BCUT2D eigenvalue weighted by Crippen LogP contribution is 2.55. The van der Waals surface area contributed by atoms with Crippen molar-refractivity contribution in [2.24, 2.45) is 0 Å². The zero-order valence-electron chi connectivity index (χ0n) is 39.8. The average Bonchev–Trinajstić information content (AvgIpc) is 3.79. The molecule has 318 valence electrons. The van der Waals surface area contributed by atoms with Gasteiger partial charge in [0.1, 0.15) is 0 Å². The topological polar surface area (TPSA) is 13.0 Å². The molecule has 0 bridgehead atoms. The van der Waals surface area contributed by atoms with Gasteiger partial charge in [0.15, 0.2) is 0 Å². The maximum absolute atomic E-state index is 2.62. The minimum Gasteiger partial charge on any atom is -0.360 e. The fourth-order valence-electron chi connectivity index (χ4n) is 10.8. The van der Waals surface area contributed by atoms with Crippen LogP contribution in [-0.4, -0.2) is 14.0 Å². The van der Waals surface area contributed by atoms with E-state index in [0.717, 1.165) is 0 Å². The monoisotopic (exact) mass is 835 g/mol. The summed E-state index contributed by atoms with van der Waals surface area (Å²) >= 11 is 0. The maximum atomic E-state index is 2.62. The normalized spacial score (nSPS) is 15.0. The molecule has 11 rings (SSSR count). The summed E-state index contributed by atoms with van der Waals surface area (Å²) < 4.78 is 0. The lowest BCUT2D eigenvalue weighted by molar-refractivity contribution is 0.590. The summed E-state index contributed by atoms with van der Waals surface area (Å²) in [5.74, 6) is 0. The van der Waals surface area contributed by atoms with E-state index in [1.165, 1.54) is 101 Å². The highest BCUT2D eigenvalue weighted by molar-refractivity contribution is 6.89. The van der Waals surface area contributed by atoms with Crippen LogP contribution >= 0.6 is 0 Å². The number of anilines is 8. The van der Waals surface area contributed by atoms with E-state index in [9.17, 15) is 0 Å². The Balaban J connectivity index is 1.21. The van der Waals surface area contributed by atoms with Gasteiger partial charge in [0.2, 0.25) is 0 Å². The van der Waals surface area contributed by atoms with Gasteiger partial charge in [0, 0.05) is 33.9 Å². The van der Waals surface area contributed by atoms with Gasteiger partial charge in [-0.05, 0) is 139 Å². The van der Waals surface area contributed by atoms with Gasteiger partial charge in [-0.1, -0.05) is 156 Å². The van der Waals surface area contributed by atoms with Crippen LogP contribution in [0.5, 0.6) is 0 Å². The SMILES string of the molecule is CC(C)(C)c1ccc(N2B3c4cc5c(cc4-c4cc(C(C)(C)C)ccc4N3c3ccccc32)B2N(c3ccc(C(C)(C)C)cc3)c3ccccc3N2c2ccc(C(C)(C)C)cc2-5)cc1. The first-order valence-electron chi connectivity index (χ1n) is 23.3. The summed E-state index contributed by atoms with van der Waals surface area (Å²) in [6, 6.07) is 56.5. The predicted octanol–water partition coefficient (Wildman–Crippen LogP) is 14.2. The third kappa shape index (κ3) is 6.11. The van der Waals surface area contributed by atoms with Crippen molar-refractivity contribution >= 4 is 70.4 Å². The maximum Gasteiger partial charge on any atom is 0.421 e. The molecule has 0 aromatic heterocycles. The van der Waals surface area contributed by atoms with Gasteiger partial charge in [0.25, 0.3) is 0 Å². The Morgan fingerprint density at radius 2 is 0.578 bits per heavy atom. The van der Waals surface area contributed by atoms with Crippen LogP contribution in [0.1, 0.15) is 105 Å². The number of nitrogens with zero attached hydrogens (tertiary/aromatic N) is 4. The van der Waals surface area contributed by atoms with Crippen LogP contribution in [0.15, 0.2) is 146 Å². The number of rotatable bonds is 2. The summed E-state index contributed by atoms with van der Waals surface area (Å²) in [4.78, 5) is 10.5. The number of para-hydroxylation sites is 4. The molecule has 64 heavy (non-hydrogen) atoms. The van der Waals surface area contributed by atoms with Crippen molar-refractivity contribution in [1.29, 1.82) is 0 Å². The van der Waals surface area contributed by atoms with Crippen molar-refractivity contribution in [2.75, 3.05) is 19.2 Å². The molecule has 0 atom stereocenters. The molecule has 7 aromatic carbocycles. The van der Waals surface area contributed by atoms with E-state index in [4.69, 9.17) is 0 Å². The van der Waals surface area contributed by atoms with E-state index < -0.39 is 0 Å². The third-order valence-corrected chi connectivity index (χ3v) is 14.4. The molecule has 0 amide bonds. The Bertz CT molecular complexity index is 2760. The second-order valence-corrected chi connectivity index (χ2v) is 22.8. The lowest BCUT2D eigenvalue weighted by atomic mass is 9.53. The largest absolute Gasteiger partial charge is 0.421 e. The number of benzene rings is 7. The van der Waals surface area contributed by atoms with Gasteiger partial charge in [-0.3, -0.25) is 0 Å². The molecule has 7 aromatic rings. The first kappa shape index (κ1) is 40.6. The van der Waals surface area contributed by atoms with Crippen molar-refractivity contribution < 1.29 is 0 Å². The minimum atomic E-state index is -0.0970. The standard InChI is InChI=1S/C58H60B2N4/c1-55(2,3)37-21-27-41(28-22-37)61-51-17-13-15-19-53(51)63-49-31-25-39(57(7,8)9)33-45(49)43-36-48-44(35-47(43)59(61)63)46-34-40(58(10,11)12)26-32-50(46)64-54-20-16-14-18-52(54)62(60(48)64)42-29-23-38(24-30-42)56(4,5)6/h13-36H,1-12H3. The molecule has 6 heteroatoms. The van der Waals surface area contributed by atoms with Gasteiger partial charge < -0.3 is 19.2 Å². The first-order chi connectivity index (χ1) is 30.3. The van der Waals surface area contributed by atoms with Crippen molar-refractivity contribution in [3.05, 3.63) is 168 Å². The number of hydrogen-bond donors (Lipinski definition) is 0.